The number of likely N-dealkylation sites (tertiary alicyclic amines) is 1. The van der Waals surface area contributed by atoms with Gasteiger partial charge in [-0.15, -0.1) is 0 Å². The van der Waals surface area contributed by atoms with E-state index in [4.69, 9.17) is 18.0 Å². The molecule has 2 rings (SSSR count). The maximum absolute atomic E-state index is 6.68. The van der Waals surface area contributed by atoms with Crippen LogP contribution < -0.4 is 5.73 Å². The SMILES string of the molecule is CC(C)CC1CC2CC(C)(N)CCCCCC2N(C(C)C)C1=S. The van der Waals surface area contributed by atoms with Crippen LogP contribution >= 0.6 is 12.2 Å². The molecule has 1 saturated carbocycles. The van der Waals surface area contributed by atoms with Crippen LogP contribution in [0.25, 0.3) is 0 Å². The summed E-state index contributed by atoms with van der Waals surface area (Å²) in [6.45, 7) is 11.6. The zero-order valence-electron chi connectivity index (χ0n) is 16.0. The van der Waals surface area contributed by atoms with Gasteiger partial charge >= 0.3 is 0 Å². The van der Waals surface area contributed by atoms with Gasteiger partial charge in [0.25, 0.3) is 0 Å². The van der Waals surface area contributed by atoms with Crippen molar-refractivity contribution in [1.29, 1.82) is 0 Å². The van der Waals surface area contributed by atoms with Crippen molar-refractivity contribution in [3.63, 3.8) is 0 Å². The summed E-state index contributed by atoms with van der Waals surface area (Å²) in [5.41, 5.74) is 6.67. The molecule has 4 unspecified atom stereocenters. The van der Waals surface area contributed by atoms with E-state index in [2.05, 4.69) is 39.5 Å². The van der Waals surface area contributed by atoms with Crippen molar-refractivity contribution >= 4 is 17.2 Å². The average Bonchev–Trinajstić information content (AvgIpc) is 2.47. The smallest absolute Gasteiger partial charge is 0.0815 e. The first-order valence-electron chi connectivity index (χ1n) is 9.82. The minimum Gasteiger partial charge on any atom is -0.360 e. The highest BCUT2D eigenvalue weighted by molar-refractivity contribution is 7.80. The van der Waals surface area contributed by atoms with Gasteiger partial charge in [0.15, 0.2) is 0 Å². The summed E-state index contributed by atoms with van der Waals surface area (Å²) < 4.78 is 0. The Morgan fingerprint density at radius 1 is 1.22 bits per heavy atom. The summed E-state index contributed by atoms with van der Waals surface area (Å²) in [4.78, 5) is 3.85. The molecule has 1 saturated heterocycles. The predicted molar refractivity (Wildman–Crippen MR) is 105 cm³/mol. The Morgan fingerprint density at radius 3 is 2.52 bits per heavy atom. The Bertz CT molecular complexity index is 402. The van der Waals surface area contributed by atoms with Gasteiger partial charge in [0.2, 0.25) is 0 Å². The van der Waals surface area contributed by atoms with Crippen molar-refractivity contribution in [2.24, 2.45) is 23.5 Å². The standard InChI is InChI=1S/C20H38N2S/c1-14(2)11-16-12-17-13-20(5,21)10-8-6-7-9-18(17)22(15(3)4)19(16)23/h14-18H,6-13,21H2,1-5H3. The third kappa shape index (κ3) is 4.92. The predicted octanol–water partition coefficient (Wildman–Crippen LogP) is 5.15. The molecule has 0 bridgehead atoms. The second-order valence-electron chi connectivity index (χ2n) is 9.19. The van der Waals surface area contributed by atoms with Gasteiger partial charge in [-0.3, -0.25) is 0 Å². The van der Waals surface area contributed by atoms with E-state index in [1.165, 1.54) is 49.9 Å². The quantitative estimate of drug-likeness (QED) is 0.722. The maximum atomic E-state index is 6.68. The van der Waals surface area contributed by atoms with Gasteiger partial charge in [-0.1, -0.05) is 45.3 Å². The van der Waals surface area contributed by atoms with E-state index in [-0.39, 0.29) is 5.54 Å². The minimum absolute atomic E-state index is 0.00273. The van der Waals surface area contributed by atoms with Crippen LogP contribution in [0.1, 0.15) is 86.0 Å². The van der Waals surface area contributed by atoms with Gasteiger partial charge in [0.1, 0.15) is 0 Å². The zero-order chi connectivity index (χ0) is 17.2. The molecule has 23 heavy (non-hydrogen) atoms. The molecule has 2 fully saturated rings. The third-order valence-corrected chi connectivity index (χ3v) is 6.43. The fourth-order valence-corrected chi connectivity index (χ4v) is 5.52. The lowest BCUT2D eigenvalue weighted by Crippen LogP contribution is -2.56. The minimum atomic E-state index is -0.00273. The van der Waals surface area contributed by atoms with Crippen LogP contribution in [0.5, 0.6) is 0 Å². The number of hydrogen-bond acceptors (Lipinski definition) is 2. The molecule has 2 N–H and O–H groups in total. The third-order valence-electron chi connectivity index (χ3n) is 5.88. The van der Waals surface area contributed by atoms with Crippen LogP contribution in [0.4, 0.5) is 0 Å². The maximum Gasteiger partial charge on any atom is 0.0815 e. The number of nitrogens with zero attached hydrogens (tertiary/aromatic N) is 1. The van der Waals surface area contributed by atoms with E-state index in [0.29, 0.717) is 29.8 Å². The average molecular weight is 339 g/mol. The molecule has 0 aromatic carbocycles. The first kappa shape index (κ1) is 19.2. The van der Waals surface area contributed by atoms with Crippen LogP contribution in [-0.2, 0) is 0 Å². The van der Waals surface area contributed by atoms with Crippen molar-refractivity contribution in [3.8, 4) is 0 Å². The van der Waals surface area contributed by atoms with Gasteiger partial charge in [-0.05, 0) is 64.7 Å². The lowest BCUT2D eigenvalue weighted by Gasteiger charge is -2.50. The molecule has 0 aromatic heterocycles. The molecule has 0 spiro atoms. The molecule has 4 atom stereocenters. The van der Waals surface area contributed by atoms with Crippen LogP contribution in [0.2, 0.25) is 0 Å². The lowest BCUT2D eigenvalue weighted by atomic mass is 9.73. The Hall–Kier alpha value is -0.150. The molecular formula is C20H38N2S. The molecule has 0 amide bonds. The fraction of sp³-hybridized carbons (Fsp3) is 0.950. The van der Waals surface area contributed by atoms with Crippen LogP contribution in [0.3, 0.4) is 0 Å². The molecule has 2 nitrogen and oxygen atoms in total. The van der Waals surface area contributed by atoms with E-state index in [1.54, 1.807) is 0 Å². The number of rotatable bonds is 3. The Balaban J connectivity index is 2.28. The number of thiocarbonyl (C=S) groups is 1. The number of nitrogens with two attached hydrogens (primary N) is 1. The van der Waals surface area contributed by atoms with Crippen LogP contribution in [0.15, 0.2) is 0 Å². The second-order valence-corrected chi connectivity index (χ2v) is 9.60. The summed E-state index contributed by atoms with van der Waals surface area (Å²) in [6, 6.07) is 1.13. The van der Waals surface area contributed by atoms with Gasteiger partial charge in [0, 0.05) is 23.5 Å². The van der Waals surface area contributed by atoms with E-state index < -0.39 is 0 Å². The molecule has 0 aromatic rings. The summed E-state index contributed by atoms with van der Waals surface area (Å²) in [7, 11) is 0. The molecule has 1 heterocycles. The fourth-order valence-electron chi connectivity index (χ4n) is 4.98. The normalized spacial score (nSPS) is 36.6. The highest BCUT2D eigenvalue weighted by Gasteiger charge is 2.42. The van der Waals surface area contributed by atoms with Gasteiger partial charge in [-0.25, -0.2) is 0 Å². The van der Waals surface area contributed by atoms with Crippen molar-refractivity contribution in [3.05, 3.63) is 0 Å². The lowest BCUT2D eigenvalue weighted by molar-refractivity contribution is 0.105. The summed E-state index contributed by atoms with van der Waals surface area (Å²) in [5.74, 6) is 2.00. The molecule has 1 aliphatic heterocycles. The molecule has 134 valence electrons. The monoisotopic (exact) mass is 338 g/mol. The van der Waals surface area contributed by atoms with Crippen LogP contribution in [-0.4, -0.2) is 27.5 Å². The Labute approximate surface area is 149 Å². The van der Waals surface area contributed by atoms with E-state index >= 15 is 0 Å². The Kier molecular flexibility index (Phi) is 6.52. The topological polar surface area (TPSA) is 29.3 Å². The first-order chi connectivity index (χ1) is 10.7. The molecule has 1 aliphatic carbocycles. The zero-order valence-corrected chi connectivity index (χ0v) is 16.8. The van der Waals surface area contributed by atoms with Crippen molar-refractivity contribution < 1.29 is 0 Å². The molecule has 2 aliphatic rings. The van der Waals surface area contributed by atoms with Gasteiger partial charge in [0.05, 0.1) is 4.99 Å². The van der Waals surface area contributed by atoms with Crippen molar-refractivity contribution in [2.45, 2.75) is 104 Å². The number of hydrogen-bond donors (Lipinski definition) is 1. The van der Waals surface area contributed by atoms with Crippen molar-refractivity contribution in [1.82, 2.24) is 4.90 Å². The second kappa shape index (κ2) is 7.82. The summed E-state index contributed by atoms with van der Waals surface area (Å²) >= 11 is 5.98. The largest absolute Gasteiger partial charge is 0.360 e. The van der Waals surface area contributed by atoms with Gasteiger partial charge in [-0.2, -0.15) is 0 Å². The van der Waals surface area contributed by atoms with E-state index in [9.17, 15) is 0 Å². The molecule has 0 radical (unpaired) electrons. The van der Waals surface area contributed by atoms with E-state index in [0.717, 1.165) is 6.42 Å². The van der Waals surface area contributed by atoms with E-state index in [1.807, 2.05) is 0 Å². The van der Waals surface area contributed by atoms with Gasteiger partial charge < -0.3 is 10.6 Å². The first-order valence-corrected chi connectivity index (χ1v) is 10.2. The summed E-state index contributed by atoms with van der Waals surface area (Å²) in [5, 5.41) is 0. The summed E-state index contributed by atoms with van der Waals surface area (Å²) in [6.07, 6.45) is 10.1. The number of fused-ring (bicyclic) bond motifs is 1. The molecular weight excluding hydrogens is 300 g/mol. The number of piperidine rings is 1. The highest BCUT2D eigenvalue weighted by Crippen LogP contribution is 2.41. The Morgan fingerprint density at radius 2 is 1.91 bits per heavy atom. The van der Waals surface area contributed by atoms with Crippen molar-refractivity contribution in [2.75, 3.05) is 0 Å². The molecule has 3 heteroatoms. The highest BCUT2D eigenvalue weighted by atomic mass is 32.1. The van der Waals surface area contributed by atoms with Crippen LogP contribution in [0, 0.1) is 17.8 Å².